The molecule has 0 radical (unpaired) electrons. The maximum atomic E-state index is 13.1. The molecular formula is C12H16F2N2. The smallest absolute Gasteiger partial charge is 0.160 e. The number of benzene rings is 1. The molecule has 0 bridgehead atoms. The molecule has 16 heavy (non-hydrogen) atoms. The Morgan fingerprint density at radius 1 is 1.31 bits per heavy atom. The van der Waals surface area contributed by atoms with Gasteiger partial charge in [0.05, 0.1) is 0 Å². The van der Waals surface area contributed by atoms with Crippen LogP contribution in [0.3, 0.4) is 0 Å². The largest absolute Gasteiger partial charge is 0.371 e. The van der Waals surface area contributed by atoms with E-state index in [2.05, 4.69) is 11.8 Å². The SMILES string of the molecule is CC1CN(c2ccc(F)c(F)c2)CCC1N. The maximum absolute atomic E-state index is 13.1. The normalized spacial score (nSPS) is 25.9. The Morgan fingerprint density at radius 2 is 2.06 bits per heavy atom. The Morgan fingerprint density at radius 3 is 2.69 bits per heavy atom. The van der Waals surface area contributed by atoms with Crippen molar-refractivity contribution in [3.63, 3.8) is 0 Å². The standard InChI is InChI=1S/C12H16F2N2/c1-8-7-16(5-4-12(8)15)9-2-3-10(13)11(14)6-9/h2-3,6,8,12H,4-5,7,15H2,1H3. The topological polar surface area (TPSA) is 29.3 Å². The van der Waals surface area contributed by atoms with E-state index < -0.39 is 11.6 Å². The average molecular weight is 226 g/mol. The Hall–Kier alpha value is -1.16. The van der Waals surface area contributed by atoms with Crippen LogP contribution in [0.4, 0.5) is 14.5 Å². The summed E-state index contributed by atoms with van der Waals surface area (Å²) in [5, 5.41) is 0. The van der Waals surface area contributed by atoms with Crippen molar-refractivity contribution in [2.45, 2.75) is 19.4 Å². The second kappa shape index (κ2) is 4.37. The van der Waals surface area contributed by atoms with Crippen LogP contribution in [0.2, 0.25) is 0 Å². The summed E-state index contributed by atoms with van der Waals surface area (Å²) in [7, 11) is 0. The predicted molar refractivity (Wildman–Crippen MR) is 60.3 cm³/mol. The molecule has 0 aliphatic carbocycles. The van der Waals surface area contributed by atoms with Crippen LogP contribution in [0, 0.1) is 17.6 Å². The Balaban J connectivity index is 2.15. The first-order chi connectivity index (χ1) is 7.58. The van der Waals surface area contributed by atoms with Crippen molar-refractivity contribution < 1.29 is 8.78 Å². The van der Waals surface area contributed by atoms with E-state index in [4.69, 9.17) is 5.73 Å². The van der Waals surface area contributed by atoms with Crippen molar-refractivity contribution in [1.29, 1.82) is 0 Å². The van der Waals surface area contributed by atoms with E-state index in [1.807, 2.05) is 0 Å². The number of piperidine rings is 1. The number of hydrogen-bond donors (Lipinski definition) is 1. The first-order valence-corrected chi connectivity index (χ1v) is 5.53. The highest BCUT2D eigenvalue weighted by Crippen LogP contribution is 2.23. The minimum absolute atomic E-state index is 0.210. The number of anilines is 1. The minimum atomic E-state index is -0.800. The number of nitrogens with zero attached hydrogens (tertiary/aromatic N) is 1. The minimum Gasteiger partial charge on any atom is -0.371 e. The molecule has 1 aromatic rings. The molecule has 2 nitrogen and oxygen atoms in total. The predicted octanol–water partition coefficient (Wildman–Crippen LogP) is 2.14. The van der Waals surface area contributed by atoms with Crippen LogP contribution in [0.1, 0.15) is 13.3 Å². The maximum Gasteiger partial charge on any atom is 0.160 e. The summed E-state index contributed by atoms with van der Waals surface area (Å²) in [6.07, 6.45) is 0.889. The van der Waals surface area contributed by atoms with Crippen LogP contribution in [-0.4, -0.2) is 19.1 Å². The van der Waals surface area contributed by atoms with Crippen LogP contribution in [0.5, 0.6) is 0 Å². The van der Waals surface area contributed by atoms with E-state index in [9.17, 15) is 8.78 Å². The Labute approximate surface area is 94.0 Å². The van der Waals surface area contributed by atoms with Gasteiger partial charge in [-0.05, 0) is 24.5 Å². The molecule has 0 amide bonds. The highest BCUT2D eigenvalue weighted by Gasteiger charge is 2.23. The van der Waals surface area contributed by atoms with Gasteiger partial charge in [-0.25, -0.2) is 8.78 Å². The highest BCUT2D eigenvalue weighted by atomic mass is 19.2. The van der Waals surface area contributed by atoms with Gasteiger partial charge in [0.15, 0.2) is 11.6 Å². The van der Waals surface area contributed by atoms with E-state index in [0.717, 1.165) is 25.2 Å². The van der Waals surface area contributed by atoms with Gasteiger partial charge in [0.2, 0.25) is 0 Å². The lowest BCUT2D eigenvalue weighted by atomic mass is 9.94. The van der Waals surface area contributed by atoms with Gasteiger partial charge in [-0.15, -0.1) is 0 Å². The summed E-state index contributed by atoms with van der Waals surface area (Å²) in [6.45, 7) is 3.68. The number of rotatable bonds is 1. The zero-order valence-corrected chi connectivity index (χ0v) is 9.29. The van der Waals surface area contributed by atoms with Crippen molar-refractivity contribution in [2.24, 2.45) is 11.7 Å². The lowest BCUT2D eigenvalue weighted by Crippen LogP contribution is -2.46. The molecular weight excluding hydrogens is 210 g/mol. The third-order valence-corrected chi connectivity index (χ3v) is 3.24. The summed E-state index contributed by atoms with van der Waals surface area (Å²) in [5.74, 6) is -1.22. The fraction of sp³-hybridized carbons (Fsp3) is 0.500. The first-order valence-electron chi connectivity index (χ1n) is 5.53. The summed E-state index contributed by atoms with van der Waals surface area (Å²) >= 11 is 0. The molecule has 2 unspecified atom stereocenters. The molecule has 2 rings (SSSR count). The summed E-state index contributed by atoms with van der Waals surface area (Å²) in [6, 6.07) is 4.24. The Bertz CT molecular complexity index is 381. The number of nitrogens with two attached hydrogens (primary N) is 1. The van der Waals surface area contributed by atoms with Gasteiger partial charge >= 0.3 is 0 Å². The van der Waals surface area contributed by atoms with E-state index in [0.29, 0.717) is 5.92 Å². The van der Waals surface area contributed by atoms with E-state index in [1.54, 1.807) is 6.07 Å². The van der Waals surface area contributed by atoms with Crippen molar-refractivity contribution in [3.05, 3.63) is 29.8 Å². The molecule has 2 N–H and O–H groups in total. The van der Waals surface area contributed by atoms with Gasteiger partial charge in [0, 0.05) is 30.9 Å². The lowest BCUT2D eigenvalue weighted by Gasteiger charge is -2.36. The summed E-state index contributed by atoms with van der Waals surface area (Å²) in [4.78, 5) is 2.05. The first kappa shape index (κ1) is 11.3. The average Bonchev–Trinajstić information content (AvgIpc) is 2.26. The van der Waals surface area contributed by atoms with Crippen molar-refractivity contribution in [3.8, 4) is 0 Å². The zero-order valence-electron chi connectivity index (χ0n) is 9.29. The summed E-state index contributed by atoms with van der Waals surface area (Å²) < 4.78 is 25.9. The van der Waals surface area contributed by atoms with E-state index >= 15 is 0 Å². The van der Waals surface area contributed by atoms with Gasteiger partial charge < -0.3 is 10.6 Å². The Kier molecular flexibility index (Phi) is 3.10. The van der Waals surface area contributed by atoms with Crippen molar-refractivity contribution in [2.75, 3.05) is 18.0 Å². The van der Waals surface area contributed by atoms with Gasteiger partial charge in [-0.1, -0.05) is 6.92 Å². The van der Waals surface area contributed by atoms with Crippen molar-refractivity contribution >= 4 is 5.69 Å². The highest BCUT2D eigenvalue weighted by molar-refractivity contribution is 5.47. The number of hydrogen-bond acceptors (Lipinski definition) is 2. The zero-order chi connectivity index (χ0) is 11.7. The van der Waals surface area contributed by atoms with E-state index in [-0.39, 0.29) is 6.04 Å². The molecule has 1 fully saturated rings. The molecule has 0 aromatic heterocycles. The molecule has 88 valence electrons. The molecule has 1 aliphatic rings. The second-order valence-electron chi connectivity index (χ2n) is 4.47. The molecule has 0 spiro atoms. The lowest BCUT2D eigenvalue weighted by molar-refractivity contribution is 0.382. The fourth-order valence-electron chi connectivity index (χ4n) is 2.08. The van der Waals surface area contributed by atoms with Gasteiger partial charge in [-0.3, -0.25) is 0 Å². The summed E-state index contributed by atoms with van der Waals surface area (Å²) in [5.41, 5.74) is 6.65. The van der Waals surface area contributed by atoms with Crippen LogP contribution < -0.4 is 10.6 Å². The van der Waals surface area contributed by atoms with Crippen molar-refractivity contribution in [1.82, 2.24) is 0 Å². The third kappa shape index (κ3) is 2.16. The van der Waals surface area contributed by atoms with Crippen LogP contribution in [0.15, 0.2) is 18.2 Å². The monoisotopic (exact) mass is 226 g/mol. The molecule has 0 saturated carbocycles. The molecule has 1 aromatic carbocycles. The third-order valence-electron chi connectivity index (χ3n) is 3.24. The molecule has 1 saturated heterocycles. The van der Waals surface area contributed by atoms with Gasteiger partial charge in [-0.2, -0.15) is 0 Å². The van der Waals surface area contributed by atoms with Crippen LogP contribution in [-0.2, 0) is 0 Å². The van der Waals surface area contributed by atoms with E-state index in [1.165, 1.54) is 12.1 Å². The van der Waals surface area contributed by atoms with Gasteiger partial charge in [0.25, 0.3) is 0 Å². The molecule has 1 heterocycles. The molecule has 2 atom stereocenters. The second-order valence-corrected chi connectivity index (χ2v) is 4.47. The molecule has 4 heteroatoms. The molecule has 1 aliphatic heterocycles. The van der Waals surface area contributed by atoms with Crippen LogP contribution >= 0.6 is 0 Å². The fourth-order valence-corrected chi connectivity index (χ4v) is 2.08. The van der Waals surface area contributed by atoms with Gasteiger partial charge in [0.1, 0.15) is 0 Å². The quantitative estimate of drug-likeness (QED) is 0.795. The van der Waals surface area contributed by atoms with Crippen LogP contribution in [0.25, 0.3) is 0 Å². The number of halogens is 2.